The Bertz CT molecular complexity index is 2520. The maximum Gasteiger partial charge on any atom is 0.160 e. The molecule has 9 nitrogen and oxygen atoms in total. The van der Waals surface area contributed by atoms with E-state index in [1.807, 2.05) is 20.9 Å². The summed E-state index contributed by atoms with van der Waals surface area (Å²) in [5.41, 5.74) is 6.77. The molecule has 350 valence electrons. The van der Waals surface area contributed by atoms with Crippen LogP contribution >= 0.6 is 0 Å². The van der Waals surface area contributed by atoms with Crippen LogP contribution in [0.15, 0.2) is 53.9 Å². The van der Waals surface area contributed by atoms with Crippen molar-refractivity contribution >= 4 is 22.6 Å². The molecule has 1 spiro atoms. The van der Waals surface area contributed by atoms with Crippen LogP contribution in [0.25, 0.3) is 11.0 Å². The van der Waals surface area contributed by atoms with Gasteiger partial charge in [0.25, 0.3) is 0 Å². The molecule has 5 heterocycles. The van der Waals surface area contributed by atoms with Gasteiger partial charge in [0.2, 0.25) is 0 Å². The summed E-state index contributed by atoms with van der Waals surface area (Å²) in [7, 11) is 1.98. The van der Waals surface area contributed by atoms with Crippen molar-refractivity contribution in [1.29, 1.82) is 0 Å². The number of aliphatic hydroxyl groups excluding tert-OH is 1. The van der Waals surface area contributed by atoms with Gasteiger partial charge in [0.1, 0.15) is 11.9 Å². The summed E-state index contributed by atoms with van der Waals surface area (Å²) in [4.78, 5) is 33.6. The number of aliphatic hydroxyl groups is 2. The molecule has 11 atom stereocenters. The van der Waals surface area contributed by atoms with Crippen molar-refractivity contribution in [2.75, 3.05) is 26.8 Å². The van der Waals surface area contributed by atoms with Gasteiger partial charge < -0.3 is 34.6 Å². The number of H-pyrrole nitrogens is 1. The second kappa shape index (κ2) is 14.8. The van der Waals surface area contributed by atoms with E-state index < -0.39 is 39.0 Å². The number of Topliss-reactive ketones (excluding diaryl/α,β-unsaturated/α-hetero) is 2. The number of hydrogen-bond donors (Lipinski definition) is 4. The van der Waals surface area contributed by atoms with Crippen molar-refractivity contribution in [3.63, 3.8) is 0 Å². The first-order chi connectivity index (χ1) is 30.8. The standard InChI is InChI=1S/C56H75N3O6/c1-33-24-34(26-37(25-33)35-13-22-64-23-14-35)27-38-31-59-32-39-44-45(51(4,28-41(61)48-50(2,3)65-48)17-10-36-30-58-46(38)47(36)59)40(60)29-55(44)15-9-16-56(39,63)49-53(6)18-12-43(62)52(5,20-21-57-8)42(53)11-19-54(49,55)7/h9,16,24-26,30-31,35,39,41-42,48-49,57-58,61,63H,10-15,17-23,27-29,32H2,1-8H3/t39-,41+,42-,48+,49+,51-,52-,53+,54-,55-,56+/m0/s1. The Kier molecular flexibility index (Phi) is 10.1. The molecule has 9 heteroatoms. The van der Waals surface area contributed by atoms with Crippen LogP contribution < -0.4 is 5.32 Å². The van der Waals surface area contributed by atoms with Gasteiger partial charge in [-0.1, -0.05) is 63.6 Å². The second-order valence-electron chi connectivity index (χ2n) is 24.3. The predicted octanol–water partition coefficient (Wildman–Crippen LogP) is 9.24. The third kappa shape index (κ3) is 6.26. The fraction of sp³-hybridized carbons (Fsp3) is 0.679. The number of benzene rings is 1. The molecule has 3 aromatic rings. The van der Waals surface area contributed by atoms with E-state index in [-0.39, 0.29) is 35.1 Å². The van der Waals surface area contributed by atoms with Gasteiger partial charge in [0, 0.05) is 79.7 Å². The highest BCUT2D eigenvalue weighted by atomic mass is 16.6. The van der Waals surface area contributed by atoms with E-state index in [1.54, 1.807) is 0 Å². The average molecular weight is 886 g/mol. The Morgan fingerprint density at radius 2 is 1.77 bits per heavy atom. The van der Waals surface area contributed by atoms with Crippen LogP contribution in [0.1, 0.15) is 146 Å². The Hall–Kier alpha value is -3.34. The van der Waals surface area contributed by atoms with Gasteiger partial charge in [-0.05, 0) is 154 Å². The number of aryl methyl sites for hydroxylation is 2. The number of ketones is 2. The van der Waals surface area contributed by atoms with Crippen LogP contribution in [0.3, 0.4) is 0 Å². The number of fused-ring (bicyclic) bond motifs is 2. The van der Waals surface area contributed by atoms with Crippen molar-refractivity contribution in [3.05, 3.63) is 81.7 Å². The number of epoxide rings is 1. The van der Waals surface area contributed by atoms with Crippen LogP contribution in [-0.2, 0) is 38.4 Å². The Morgan fingerprint density at radius 1 is 1.00 bits per heavy atom. The molecular formula is C56H75N3O6. The molecule has 3 saturated carbocycles. The number of rotatable bonds is 9. The number of nitrogens with one attached hydrogen (secondary N) is 2. The number of ether oxygens (including phenoxy) is 2. The third-order valence-electron chi connectivity index (χ3n) is 20.2. The van der Waals surface area contributed by atoms with Crippen LogP contribution in [0, 0.1) is 51.8 Å². The van der Waals surface area contributed by atoms with E-state index in [0.717, 1.165) is 82.2 Å². The smallest absolute Gasteiger partial charge is 0.160 e. The van der Waals surface area contributed by atoms with Crippen molar-refractivity contribution in [2.24, 2.45) is 44.8 Å². The van der Waals surface area contributed by atoms with Gasteiger partial charge in [-0.25, -0.2) is 0 Å². The van der Waals surface area contributed by atoms with E-state index in [2.05, 4.69) is 92.2 Å². The zero-order valence-corrected chi connectivity index (χ0v) is 40.5. The lowest BCUT2D eigenvalue weighted by atomic mass is 9.32. The molecule has 1 aromatic carbocycles. The highest BCUT2D eigenvalue weighted by Crippen LogP contribution is 2.80. The third-order valence-corrected chi connectivity index (χ3v) is 20.2. The van der Waals surface area contributed by atoms with Crippen LogP contribution in [0.5, 0.6) is 0 Å². The Labute approximate surface area is 386 Å². The maximum absolute atomic E-state index is 15.6. The zero-order valence-electron chi connectivity index (χ0n) is 40.5. The topological polar surface area (TPSA) is 129 Å². The number of nitrogens with zero attached hydrogens (tertiary/aromatic N) is 1. The summed E-state index contributed by atoms with van der Waals surface area (Å²) >= 11 is 0. The van der Waals surface area contributed by atoms with Crippen LogP contribution in [0.4, 0.5) is 0 Å². The summed E-state index contributed by atoms with van der Waals surface area (Å²) < 4.78 is 14.3. The summed E-state index contributed by atoms with van der Waals surface area (Å²) in [6.07, 6.45) is 17.7. The van der Waals surface area contributed by atoms with Crippen LogP contribution in [-0.4, -0.2) is 81.5 Å². The SMILES string of the molecule is CNCC[C@]1(C)C(=O)CC[C@@]2(C)[C@H]3[C@@]4(O)C=CC[C@@]5(CC(=O)C6=C5[C@@H]4Cn4cc(Cc5cc(C)cc(C7CCOCC7)c5)c5[nH]cc(c54)CC[C@@]6(C)C[C@@H](O)[C@H]4OC4(C)C)[C@@]3(C)CC[C@H]21. The lowest BCUT2D eigenvalue weighted by Gasteiger charge is -2.72. The van der Waals surface area contributed by atoms with E-state index in [9.17, 15) is 15.0 Å². The first-order valence-electron chi connectivity index (χ1n) is 25.4. The van der Waals surface area contributed by atoms with E-state index in [4.69, 9.17) is 9.47 Å². The monoisotopic (exact) mass is 886 g/mol. The number of hydrogen-bond acceptors (Lipinski definition) is 7. The molecule has 2 aromatic heterocycles. The van der Waals surface area contributed by atoms with E-state index >= 15 is 4.79 Å². The molecule has 4 N–H and O–H groups in total. The van der Waals surface area contributed by atoms with Crippen molar-refractivity contribution in [3.8, 4) is 0 Å². The summed E-state index contributed by atoms with van der Waals surface area (Å²) in [5, 5.41) is 29.9. The number of carbonyl (C=O) groups excluding carboxylic acids is 2. The minimum atomic E-state index is -1.29. The maximum atomic E-state index is 15.6. The second-order valence-corrected chi connectivity index (χ2v) is 24.3. The molecule has 9 aliphatic rings. The zero-order chi connectivity index (χ0) is 45.7. The summed E-state index contributed by atoms with van der Waals surface area (Å²) in [6, 6.07) is 7.13. The molecule has 2 saturated heterocycles. The highest BCUT2D eigenvalue weighted by molar-refractivity contribution is 6.02. The Morgan fingerprint density at radius 3 is 2.51 bits per heavy atom. The highest BCUT2D eigenvalue weighted by Gasteiger charge is 2.77. The van der Waals surface area contributed by atoms with Crippen molar-refractivity contribution in [2.45, 2.75) is 168 Å². The van der Waals surface area contributed by atoms with Gasteiger partial charge in [0.05, 0.1) is 28.3 Å². The molecule has 65 heavy (non-hydrogen) atoms. The normalized spacial score (nSPS) is 40.2. The average Bonchev–Trinajstić information content (AvgIpc) is 3.48. The fourth-order valence-electron chi connectivity index (χ4n) is 17.2. The van der Waals surface area contributed by atoms with Crippen molar-refractivity contribution in [1.82, 2.24) is 14.9 Å². The largest absolute Gasteiger partial charge is 0.390 e. The molecule has 0 unspecified atom stereocenters. The molecule has 6 aliphatic carbocycles. The number of aromatic nitrogens is 2. The summed E-state index contributed by atoms with van der Waals surface area (Å²) in [6.45, 7) is 18.6. The minimum Gasteiger partial charge on any atom is -0.390 e. The van der Waals surface area contributed by atoms with Gasteiger partial charge in [0.15, 0.2) is 5.78 Å². The lowest BCUT2D eigenvalue weighted by molar-refractivity contribution is -0.245. The van der Waals surface area contributed by atoms with Crippen molar-refractivity contribution < 1.29 is 29.3 Å². The van der Waals surface area contributed by atoms with Crippen LogP contribution in [0.2, 0.25) is 0 Å². The van der Waals surface area contributed by atoms with Gasteiger partial charge in [-0.15, -0.1) is 0 Å². The molecular weight excluding hydrogens is 811 g/mol. The van der Waals surface area contributed by atoms with Gasteiger partial charge >= 0.3 is 0 Å². The van der Waals surface area contributed by atoms with Gasteiger partial charge in [-0.2, -0.15) is 0 Å². The lowest BCUT2D eigenvalue weighted by Crippen LogP contribution is -2.71. The minimum absolute atomic E-state index is 0.114. The molecule has 2 bridgehead atoms. The number of carbonyl (C=O) groups is 2. The predicted molar refractivity (Wildman–Crippen MR) is 254 cm³/mol. The van der Waals surface area contributed by atoms with E-state index in [1.165, 1.54) is 38.9 Å². The Balaban J connectivity index is 1.09. The molecule has 12 rings (SSSR count). The molecule has 0 radical (unpaired) electrons. The molecule has 3 aliphatic heterocycles. The van der Waals surface area contributed by atoms with Gasteiger partial charge in [-0.3, -0.25) is 9.59 Å². The number of allylic oxidation sites excluding steroid dienone is 2. The first kappa shape index (κ1) is 44.2. The number of aromatic amines is 1. The van der Waals surface area contributed by atoms with E-state index in [0.29, 0.717) is 50.4 Å². The molecule has 0 amide bonds. The summed E-state index contributed by atoms with van der Waals surface area (Å²) in [5.74, 6) is 0.636. The quantitative estimate of drug-likeness (QED) is 0.125. The molecule has 5 fully saturated rings. The fourth-order valence-corrected chi connectivity index (χ4v) is 17.2. The first-order valence-corrected chi connectivity index (χ1v) is 25.4.